The quantitative estimate of drug-likeness (QED) is 0.883. The van der Waals surface area contributed by atoms with Gasteiger partial charge in [0.2, 0.25) is 0 Å². The van der Waals surface area contributed by atoms with Crippen molar-refractivity contribution in [2.24, 2.45) is 5.92 Å². The first-order chi connectivity index (χ1) is 9.75. The molecule has 1 atom stereocenters. The Labute approximate surface area is 115 Å². The lowest BCUT2D eigenvalue weighted by molar-refractivity contribution is 0.0690. The summed E-state index contributed by atoms with van der Waals surface area (Å²) in [7, 11) is 0. The third-order valence-electron chi connectivity index (χ3n) is 3.46. The van der Waals surface area contributed by atoms with Gasteiger partial charge in [-0.3, -0.25) is 0 Å². The second-order valence-electron chi connectivity index (χ2n) is 4.86. The number of ether oxygens (including phenoxy) is 1. The molecule has 0 radical (unpaired) electrons. The fraction of sp³-hybridized carbons (Fsp3) is 0.357. The van der Waals surface area contributed by atoms with Gasteiger partial charge in [-0.25, -0.2) is 4.79 Å². The smallest absolute Gasteiger partial charge is 0.358 e. The van der Waals surface area contributed by atoms with E-state index in [2.05, 4.69) is 15.5 Å². The van der Waals surface area contributed by atoms with Gasteiger partial charge in [-0.05, 0) is 12.5 Å². The van der Waals surface area contributed by atoms with Gasteiger partial charge in [0.15, 0.2) is 5.69 Å². The fourth-order valence-corrected chi connectivity index (χ4v) is 2.37. The average Bonchev–Trinajstić information content (AvgIpc) is 2.97. The van der Waals surface area contributed by atoms with E-state index in [1.54, 1.807) is 0 Å². The first kappa shape index (κ1) is 12.8. The first-order valence-corrected chi connectivity index (χ1v) is 6.56. The average molecular weight is 273 g/mol. The molecule has 6 heteroatoms. The van der Waals surface area contributed by atoms with Crippen molar-refractivity contribution in [3.8, 4) is 0 Å². The highest BCUT2D eigenvalue weighted by Crippen LogP contribution is 2.25. The van der Waals surface area contributed by atoms with Gasteiger partial charge in [0.05, 0.1) is 17.8 Å². The first-order valence-electron chi connectivity index (χ1n) is 6.56. The number of benzene rings is 1. The number of hydrogen-bond donors (Lipinski definition) is 2. The van der Waals surface area contributed by atoms with E-state index in [9.17, 15) is 9.90 Å². The normalized spacial score (nSPS) is 18.3. The van der Waals surface area contributed by atoms with Gasteiger partial charge in [-0.15, -0.1) is 10.2 Å². The highest BCUT2D eigenvalue weighted by Gasteiger charge is 2.19. The van der Waals surface area contributed by atoms with E-state index in [0.717, 1.165) is 18.4 Å². The molecule has 6 nitrogen and oxygen atoms in total. The lowest BCUT2D eigenvalue weighted by atomic mass is 10.1. The molecule has 0 bridgehead atoms. The lowest BCUT2D eigenvalue weighted by Gasteiger charge is -2.14. The number of nitrogens with zero attached hydrogens (tertiary/aromatic N) is 2. The molecule has 0 amide bonds. The summed E-state index contributed by atoms with van der Waals surface area (Å²) in [6, 6.07) is 7.38. The highest BCUT2D eigenvalue weighted by molar-refractivity contribution is 6.02. The second-order valence-corrected chi connectivity index (χ2v) is 4.86. The third kappa shape index (κ3) is 2.42. The summed E-state index contributed by atoms with van der Waals surface area (Å²) in [5.41, 5.74) is 1.18. The Morgan fingerprint density at radius 3 is 3.00 bits per heavy atom. The molecule has 3 rings (SSSR count). The van der Waals surface area contributed by atoms with E-state index in [0.29, 0.717) is 30.3 Å². The maximum Gasteiger partial charge on any atom is 0.358 e. The Kier molecular flexibility index (Phi) is 3.47. The molecule has 20 heavy (non-hydrogen) atoms. The molecule has 2 N–H and O–H groups in total. The molecule has 0 spiro atoms. The number of rotatable bonds is 4. The van der Waals surface area contributed by atoms with Crippen molar-refractivity contribution in [1.29, 1.82) is 0 Å². The predicted octanol–water partition coefficient (Wildman–Crippen LogP) is 1.78. The van der Waals surface area contributed by atoms with E-state index in [-0.39, 0.29) is 5.69 Å². The highest BCUT2D eigenvalue weighted by atomic mass is 16.5. The summed E-state index contributed by atoms with van der Waals surface area (Å²) < 4.78 is 5.33. The topological polar surface area (TPSA) is 84.3 Å². The summed E-state index contributed by atoms with van der Waals surface area (Å²) in [6.45, 7) is 2.16. The summed E-state index contributed by atoms with van der Waals surface area (Å²) >= 11 is 0. The Morgan fingerprint density at radius 1 is 1.40 bits per heavy atom. The SMILES string of the molecule is O=C(O)c1nnc2ccccc2c1NCC1CCOC1. The summed E-state index contributed by atoms with van der Waals surface area (Å²) in [5, 5.41) is 21.0. The lowest BCUT2D eigenvalue weighted by Crippen LogP contribution is -2.17. The molecule has 0 aliphatic carbocycles. The van der Waals surface area contributed by atoms with Crippen molar-refractivity contribution in [3.05, 3.63) is 30.0 Å². The number of anilines is 1. The molecule has 1 fully saturated rings. The molecule has 1 aromatic heterocycles. The van der Waals surface area contributed by atoms with Crippen molar-refractivity contribution in [3.63, 3.8) is 0 Å². The van der Waals surface area contributed by atoms with Crippen molar-refractivity contribution >= 4 is 22.6 Å². The maximum absolute atomic E-state index is 11.3. The van der Waals surface area contributed by atoms with Crippen molar-refractivity contribution in [1.82, 2.24) is 10.2 Å². The largest absolute Gasteiger partial charge is 0.476 e. The van der Waals surface area contributed by atoms with Gasteiger partial charge in [-0.2, -0.15) is 0 Å². The zero-order valence-corrected chi connectivity index (χ0v) is 10.9. The number of nitrogens with one attached hydrogen (secondary N) is 1. The number of aromatic nitrogens is 2. The van der Waals surface area contributed by atoms with Crippen LogP contribution in [-0.2, 0) is 4.74 Å². The molecular weight excluding hydrogens is 258 g/mol. The zero-order chi connectivity index (χ0) is 13.9. The molecule has 104 valence electrons. The van der Waals surface area contributed by atoms with Crippen LogP contribution in [0.15, 0.2) is 24.3 Å². The van der Waals surface area contributed by atoms with Crippen LogP contribution in [0.5, 0.6) is 0 Å². The summed E-state index contributed by atoms with van der Waals surface area (Å²) in [5.74, 6) is -0.669. The standard InChI is InChI=1S/C14H15N3O3/c18-14(19)13-12(15-7-9-5-6-20-8-9)10-3-1-2-4-11(10)16-17-13/h1-4,9H,5-8H2,(H,15,16)(H,18,19). The Balaban J connectivity index is 1.96. The number of carbonyl (C=O) groups is 1. The number of carboxylic acids is 1. The molecule has 1 aliphatic heterocycles. The van der Waals surface area contributed by atoms with Crippen LogP contribution >= 0.6 is 0 Å². The molecule has 2 aromatic rings. The third-order valence-corrected chi connectivity index (χ3v) is 3.46. The van der Waals surface area contributed by atoms with E-state index >= 15 is 0 Å². The fourth-order valence-electron chi connectivity index (χ4n) is 2.37. The van der Waals surface area contributed by atoms with Crippen LogP contribution in [0.1, 0.15) is 16.9 Å². The van der Waals surface area contributed by atoms with Crippen LogP contribution in [0.25, 0.3) is 10.9 Å². The van der Waals surface area contributed by atoms with Crippen molar-refractivity contribution in [2.45, 2.75) is 6.42 Å². The van der Waals surface area contributed by atoms with Crippen LogP contribution in [0.2, 0.25) is 0 Å². The van der Waals surface area contributed by atoms with E-state index in [1.165, 1.54) is 0 Å². The van der Waals surface area contributed by atoms with E-state index < -0.39 is 5.97 Å². The van der Waals surface area contributed by atoms with Gasteiger partial charge in [0.1, 0.15) is 0 Å². The minimum Gasteiger partial charge on any atom is -0.476 e. The van der Waals surface area contributed by atoms with Gasteiger partial charge in [0, 0.05) is 24.5 Å². The van der Waals surface area contributed by atoms with Crippen molar-refractivity contribution in [2.75, 3.05) is 25.1 Å². The Bertz CT molecular complexity index is 639. The Morgan fingerprint density at radius 2 is 2.25 bits per heavy atom. The summed E-state index contributed by atoms with van der Waals surface area (Å²) in [4.78, 5) is 11.3. The van der Waals surface area contributed by atoms with Gasteiger partial charge in [-0.1, -0.05) is 18.2 Å². The van der Waals surface area contributed by atoms with E-state index in [1.807, 2.05) is 24.3 Å². The van der Waals surface area contributed by atoms with Gasteiger partial charge in [0.25, 0.3) is 0 Å². The van der Waals surface area contributed by atoms with Crippen LogP contribution < -0.4 is 5.32 Å². The monoisotopic (exact) mass is 273 g/mol. The van der Waals surface area contributed by atoms with Crippen LogP contribution in [0, 0.1) is 5.92 Å². The van der Waals surface area contributed by atoms with Crippen LogP contribution in [-0.4, -0.2) is 41.0 Å². The molecule has 1 aromatic carbocycles. The van der Waals surface area contributed by atoms with Crippen LogP contribution in [0.3, 0.4) is 0 Å². The minimum absolute atomic E-state index is 0.0392. The number of aromatic carboxylic acids is 1. The van der Waals surface area contributed by atoms with Crippen LogP contribution in [0.4, 0.5) is 5.69 Å². The molecule has 1 unspecified atom stereocenters. The number of carboxylic acid groups (broad SMARTS) is 1. The Hall–Kier alpha value is -2.21. The molecule has 0 saturated carbocycles. The van der Waals surface area contributed by atoms with E-state index in [4.69, 9.17) is 4.74 Å². The van der Waals surface area contributed by atoms with Gasteiger partial charge < -0.3 is 15.2 Å². The maximum atomic E-state index is 11.3. The molecule has 1 aliphatic rings. The molecule has 1 saturated heterocycles. The summed E-state index contributed by atoms with van der Waals surface area (Å²) in [6.07, 6.45) is 0.992. The van der Waals surface area contributed by atoms with Gasteiger partial charge >= 0.3 is 5.97 Å². The zero-order valence-electron chi connectivity index (χ0n) is 10.9. The minimum atomic E-state index is -1.08. The predicted molar refractivity (Wildman–Crippen MR) is 73.9 cm³/mol. The second kappa shape index (κ2) is 5.42. The molecule has 2 heterocycles. The number of fused-ring (bicyclic) bond motifs is 1. The number of hydrogen-bond acceptors (Lipinski definition) is 5. The van der Waals surface area contributed by atoms with Crippen molar-refractivity contribution < 1.29 is 14.6 Å². The molecular formula is C14H15N3O3.